The Labute approximate surface area is 194 Å². The number of unbranched alkanes of at least 4 members (excludes halogenated alkanes) is 2. The zero-order valence-corrected chi connectivity index (χ0v) is 19.2. The van der Waals surface area contributed by atoms with Crippen LogP contribution in [0.15, 0.2) is 47.5 Å². The molecule has 0 unspecified atom stereocenters. The van der Waals surface area contributed by atoms with Crippen molar-refractivity contribution in [3.05, 3.63) is 53.6 Å². The summed E-state index contributed by atoms with van der Waals surface area (Å²) in [5.74, 6) is 2.37. The predicted octanol–water partition coefficient (Wildman–Crippen LogP) is 3.23. The summed E-state index contributed by atoms with van der Waals surface area (Å²) >= 11 is 0. The number of nitrogens with one attached hydrogen (secondary N) is 1. The van der Waals surface area contributed by atoms with Gasteiger partial charge in [0.15, 0.2) is 0 Å². The number of carbonyl (C=O) groups is 2. The van der Waals surface area contributed by atoms with Crippen molar-refractivity contribution in [2.24, 2.45) is 4.99 Å². The smallest absolute Gasteiger partial charge is 0.246 e. The summed E-state index contributed by atoms with van der Waals surface area (Å²) in [5.41, 5.74) is 3.01. The number of amides is 2. The van der Waals surface area contributed by atoms with Crippen molar-refractivity contribution in [2.75, 3.05) is 27.3 Å². The summed E-state index contributed by atoms with van der Waals surface area (Å²) in [5, 5.41) is 2.77. The summed E-state index contributed by atoms with van der Waals surface area (Å²) in [6.45, 7) is 2.19. The van der Waals surface area contributed by atoms with Gasteiger partial charge in [0.05, 0.1) is 19.4 Å². The Kier molecular flexibility index (Phi) is 7.12. The van der Waals surface area contributed by atoms with Gasteiger partial charge in [0.25, 0.3) is 0 Å². The number of nitrogens with zero attached hydrogens (tertiary/aromatic N) is 3. The van der Waals surface area contributed by atoms with Crippen LogP contribution in [0.5, 0.6) is 11.5 Å². The predicted molar refractivity (Wildman–Crippen MR) is 126 cm³/mol. The van der Waals surface area contributed by atoms with E-state index >= 15 is 0 Å². The average molecular weight is 451 g/mol. The molecule has 2 heterocycles. The van der Waals surface area contributed by atoms with Gasteiger partial charge in [-0.25, -0.2) is 4.99 Å². The highest BCUT2D eigenvalue weighted by Gasteiger charge is 2.29. The van der Waals surface area contributed by atoms with Crippen LogP contribution in [0.4, 0.5) is 5.69 Å². The first-order valence-corrected chi connectivity index (χ1v) is 11.3. The lowest BCUT2D eigenvalue weighted by molar-refractivity contribution is -0.130. The van der Waals surface area contributed by atoms with Crippen LogP contribution in [0.1, 0.15) is 36.8 Å². The topological polar surface area (TPSA) is 83.5 Å². The van der Waals surface area contributed by atoms with Crippen molar-refractivity contribution in [2.45, 2.75) is 38.8 Å². The Morgan fingerprint density at radius 3 is 2.67 bits per heavy atom. The molecule has 2 aliphatic rings. The van der Waals surface area contributed by atoms with Crippen molar-refractivity contribution >= 4 is 23.5 Å². The van der Waals surface area contributed by atoms with Crippen LogP contribution in [0, 0.1) is 0 Å². The first-order valence-electron chi connectivity index (χ1n) is 11.3. The Bertz CT molecular complexity index is 1040. The molecule has 0 spiro atoms. The molecule has 1 N–H and O–H groups in total. The van der Waals surface area contributed by atoms with Gasteiger partial charge in [0.2, 0.25) is 17.8 Å². The fourth-order valence-corrected chi connectivity index (χ4v) is 3.96. The normalized spacial score (nSPS) is 14.2. The van der Waals surface area contributed by atoms with Crippen LogP contribution in [-0.2, 0) is 22.7 Å². The molecule has 0 atom stereocenters. The molecule has 33 heavy (non-hydrogen) atoms. The summed E-state index contributed by atoms with van der Waals surface area (Å²) in [7, 11) is 3.48. The number of rotatable bonds is 10. The number of ether oxygens (including phenoxy) is 2. The average Bonchev–Trinajstić information content (AvgIpc) is 3.18. The molecule has 8 heteroatoms. The maximum absolute atomic E-state index is 12.4. The number of hydrogen-bond donors (Lipinski definition) is 1. The molecule has 1 fully saturated rings. The number of methoxy groups -OCH3 is 1. The van der Waals surface area contributed by atoms with Gasteiger partial charge >= 0.3 is 0 Å². The summed E-state index contributed by atoms with van der Waals surface area (Å²) in [4.78, 5) is 32.1. The Balaban J connectivity index is 1.14. The number of carbonyl (C=O) groups excluding carboxylic acids is 2. The number of guanidine groups is 1. The van der Waals surface area contributed by atoms with E-state index in [1.165, 1.54) is 0 Å². The third-order valence-corrected chi connectivity index (χ3v) is 5.83. The van der Waals surface area contributed by atoms with Crippen molar-refractivity contribution in [1.29, 1.82) is 0 Å². The van der Waals surface area contributed by atoms with E-state index in [-0.39, 0.29) is 11.8 Å². The minimum absolute atomic E-state index is 0.0246. The largest absolute Gasteiger partial charge is 0.497 e. The molecular formula is C25H30N4O4. The van der Waals surface area contributed by atoms with Gasteiger partial charge in [-0.1, -0.05) is 12.1 Å². The van der Waals surface area contributed by atoms with E-state index in [2.05, 4.69) is 10.3 Å². The number of aliphatic imine (C=N–C) groups is 1. The third-order valence-electron chi connectivity index (χ3n) is 5.83. The maximum atomic E-state index is 12.4. The van der Waals surface area contributed by atoms with E-state index in [4.69, 9.17) is 9.47 Å². The quantitative estimate of drug-likeness (QED) is 0.562. The molecule has 2 aromatic carbocycles. The zero-order chi connectivity index (χ0) is 23.2. The minimum Gasteiger partial charge on any atom is -0.497 e. The fourth-order valence-electron chi connectivity index (χ4n) is 3.96. The third kappa shape index (κ3) is 5.83. The van der Waals surface area contributed by atoms with Crippen LogP contribution >= 0.6 is 0 Å². The van der Waals surface area contributed by atoms with Gasteiger partial charge in [-0.3, -0.25) is 14.9 Å². The van der Waals surface area contributed by atoms with Crippen molar-refractivity contribution in [3.8, 4) is 11.5 Å². The lowest BCUT2D eigenvalue weighted by Crippen LogP contribution is -2.31. The summed E-state index contributed by atoms with van der Waals surface area (Å²) in [6, 6.07) is 13.6. The SMILES string of the molecule is COc1ccc(CN(C)C(=O)CCCCCOc2ccc3c(c2)CN2CC(=O)NC2=N3)cc1. The molecule has 8 nitrogen and oxygen atoms in total. The molecule has 0 aliphatic carbocycles. The van der Waals surface area contributed by atoms with Gasteiger partial charge in [0, 0.05) is 32.1 Å². The number of benzene rings is 2. The van der Waals surface area contributed by atoms with Gasteiger partial charge in [-0.2, -0.15) is 0 Å². The van der Waals surface area contributed by atoms with E-state index in [0.717, 1.165) is 47.6 Å². The van der Waals surface area contributed by atoms with Gasteiger partial charge in [0.1, 0.15) is 18.0 Å². The fraction of sp³-hybridized carbons (Fsp3) is 0.400. The highest BCUT2D eigenvalue weighted by Crippen LogP contribution is 2.30. The first kappa shape index (κ1) is 22.6. The summed E-state index contributed by atoms with van der Waals surface area (Å²) < 4.78 is 11.1. The van der Waals surface area contributed by atoms with E-state index in [1.54, 1.807) is 12.0 Å². The number of hydrogen-bond acceptors (Lipinski definition) is 6. The van der Waals surface area contributed by atoms with Crippen LogP contribution in [0.25, 0.3) is 0 Å². The van der Waals surface area contributed by atoms with Crippen LogP contribution in [0.3, 0.4) is 0 Å². The van der Waals surface area contributed by atoms with Crippen LogP contribution in [0.2, 0.25) is 0 Å². The molecule has 174 valence electrons. The molecule has 0 saturated carbocycles. The standard InChI is InChI=1S/C25H30N4O4/c1-28(15-18-7-9-20(32-2)10-8-18)24(31)6-4-3-5-13-33-21-11-12-22-19(14-21)16-29-17-23(30)27-25(29)26-22/h7-12,14H,3-6,13,15-17H2,1-2H3,(H,26,27,30). The molecule has 0 bridgehead atoms. The molecule has 2 aromatic rings. The zero-order valence-electron chi connectivity index (χ0n) is 19.2. The van der Waals surface area contributed by atoms with E-state index in [1.807, 2.05) is 54.4 Å². The second-order valence-electron chi connectivity index (χ2n) is 8.39. The molecule has 2 amide bonds. The monoisotopic (exact) mass is 450 g/mol. The Hall–Kier alpha value is -3.55. The highest BCUT2D eigenvalue weighted by atomic mass is 16.5. The lowest BCUT2D eigenvalue weighted by atomic mass is 10.1. The van der Waals surface area contributed by atoms with Gasteiger partial charge in [-0.05, 0) is 55.2 Å². The highest BCUT2D eigenvalue weighted by molar-refractivity contribution is 6.05. The van der Waals surface area contributed by atoms with E-state index in [9.17, 15) is 9.59 Å². The van der Waals surface area contributed by atoms with Crippen LogP contribution < -0.4 is 14.8 Å². The van der Waals surface area contributed by atoms with E-state index in [0.29, 0.717) is 38.6 Å². The molecule has 0 radical (unpaired) electrons. The van der Waals surface area contributed by atoms with Crippen molar-refractivity contribution in [1.82, 2.24) is 15.1 Å². The van der Waals surface area contributed by atoms with Crippen LogP contribution in [-0.4, -0.2) is 54.9 Å². The molecular weight excluding hydrogens is 420 g/mol. The van der Waals surface area contributed by atoms with Gasteiger partial charge in [-0.15, -0.1) is 0 Å². The Morgan fingerprint density at radius 2 is 1.88 bits per heavy atom. The second-order valence-corrected chi connectivity index (χ2v) is 8.39. The Morgan fingerprint density at radius 1 is 1.09 bits per heavy atom. The molecule has 1 saturated heterocycles. The van der Waals surface area contributed by atoms with Gasteiger partial charge < -0.3 is 19.3 Å². The van der Waals surface area contributed by atoms with Crippen molar-refractivity contribution < 1.29 is 19.1 Å². The van der Waals surface area contributed by atoms with E-state index < -0.39 is 0 Å². The minimum atomic E-state index is -0.0246. The van der Waals surface area contributed by atoms with Crippen molar-refractivity contribution in [3.63, 3.8) is 0 Å². The lowest BCUT2D eigenvalue weighted by Gasteiger charge is -2.23. The number of fused-ring (bicyclic) bond motifs is 2. The second kappa shape index (κ2) is 10.4. The summed E-state index contributed by atoms with van der Waals surface area (Å²) in [6.07, 6.45) is 3.20. The molecule has 2 aliphatic heterocycles. The first-order chi connectivity index (χ1) is 16.0. The maximum Gasteiger partial charge on any atom is 0.246 e. The molecule has 0 aromatic heterocycles. The molecule has 4 rings (SSSR count).